The topological polar surface area (TPSA) is 163 Å². The molecule has 0 aliphatic heterocycles. The third kappa shape index (κ3) is 6.67. The number of nitrogens with zero attached hydrogens (tertiary/aromatic N) is 2. The van der Waals surface area contributed by atoms with E-state index in [2.05, 4.69) is 26.2 Å². The summed E-state index contributed by atoms with van der Waals surface area (Å²) < 4.78 is 29.4. The summed E-state index contributed by atoms with van der Waals surface area (Å²) in [6, 6.07) is 6.62. The molecule has 10 nitrogen and oxygen atoms in total. The van der Waals surface area contributed by atoms with Crippen LogP contribution < -0.4 is 9.67 Å². The second-order valence-electron chi connectivity index (χ2n) is 4.49. The molecule has 0 radical (unpaired) electrons. The van der Waals surface area contributed by atoms with Gasteiger partial charge >= 0.3 is 88.1 Å². The standard InChI is InChI=1S/C8H10AsNO5.C5H3BrN2O2/c1-5(11)10-8-6(9(13,14)15)3-2-4-7(8)12;6-5-2-1-4(3-7-5)8(9)10/h2-4,12H,1H3,(H,10,11)(H2,13,14,15);1-3H. The molecule has 1 aromatic heterocycles. The van der Waals surface area contributed by atoms with E-state index in [0.717, 1.165) is 0 Å². The average molecular weight is 478 g/mol. The van der Waals surface area contributed by atoms with Crippen molar-refractivity contribution in [3.8, 4) is 5.75 Å². The first kappa shape index (κ1) is 20.8. The van der Waals surface area contributed by atoms with Crippen LogP contribution in [0.1, 0.15) is 6.92 Å². The third-order valence-corrected chi connectivity index (χ3v) is 5.13. The van der Waals surface area contributed by atoms with E-state index in [1.165, 1.54) is 43.5 Å². The molecule has 12 heteroatoms. The van der Waals surface area contributed by atoms with Crippen LogP contribution in [0.5, 0.6) is 5.75 Å². The van der Waals surface area contributed by atoms with E-state index in [9.17, 15) is 23.8 Å². The van der Waals surface area contributed by atoms with Crippen molar-refractivity contribution in [3.63, 3.8) is 0 Å². The number of benzene rings is 1. The predicted octanol–water partition coefficient (Wildman–Crippen LogP) is 0.664. The van der Waals surface area contributed by atoms with Crippen LogP contribution in [0.3, 0.4) is 0 Å². The summed E-state index contributed by atoms with van der Waals surface area (Å²) in [4.78, 5) is 24.0. The van der Waals surface area contributed by atoms with Crippen LogP contribution in [-0.4, -0.2) is 43.3 Å². The van der Waals surface area contributed by atoms with Crippen LogP contribution in [0.2, 0.25) is 0 Å². The Balaban J connectivity index is 0.000000271. The molecule has 2 rings (SSSR count). The summed E-state index contributed by atoms with van der Waals surface area (Å²) in [5, 5.41) is 21.6. The van der Waals surface area contributed by atoms with Gasteiger partial charge in [0.05, 0.1) is 4.92 Å². The minimum Gasteiger partial charge on any atom is -0.258 e. The Labute approximate surface area is 152 Å². The quantitative estimate of drug-likeness (QED) is 0.165. The molecule has 0 fully saturated rings. The number of phenolic OH excluding ortho intramolecular Hbond substituents is 1. The second kappa shape index (κ2) is 8.77. The number of carbonyl (C=O) groups is 1. The molecule has 0 aliphatic rings. The van der Waals surface area contributed by atoms with E-state index in [1.807, 2.05) is 0 Å². The normalized spacial score (nSPS) is 10.4. The molecule has 0 atom stereocenters. The molecule has 134 valence electrons. The van der Waals surface area contributed by atoms with E-state index in [-0.39, 0.29) is 21.5 Å². The summed E-state index contributed by atoms with van der Waals surface area (Å²) in [6.07, 6.45) is 1.20. The van der Waals surface area contributed by atoms with E-state index < -0.39 is 25.0 Å². The molecule has 1 aromatic carbocycles. The zero-order chi connectivity index (χ0) is 19.2. The number of aromatic hydroxyl groups is 1. The van der Waals surface area contributed by atoms with E-state index in [1.54, 1.807) is 0 Å². The molecule has 25 heavy (non-hydrogen) atoms. The van der Waals surface area contributed by atoms with Gasteiger partial charge in [-0.15, -0.1) is 0 Å². The SMILES string of the molecule is CC(=O)Nc1c(O)cccc1[As](=O)(O)O.O=[N+]([O-])c1ccc(Br)nc1. The second-order valence-corrected chi connectivity index (χ2v) is 8.60. The van der Waals surface area contributed by atoms with Crippen LogP contribution in [-0.2, 0) is 8.53 Å². The molecular weight excluding hydrogens is 465 g/mol. The van der Waals surface area contributed by atoms with Crippen LogP contribution in [0.25, 0.3) is 0 Å². The zero-order valence-electron chi connectivity index (χ0n) is 12.7. The van der Waals surface area contributed by atoms with Crippen molar-refractivity contribution in [2.45, 2.75) is 6.92 Å². The fourth-order valence-corrected chi connectivity index (χ4v) is 3.34. The largest absolute Gasteiger partial charge is 0.287 e. The average Bonchev–Trinajstić information content (AvgIpc) is 2.49. The third-order valence-electron chi connectivity index (χ3n) is 2.56. The van der Waals surface area contributed by atoms with Gasteiger partial charge in [-0.25, -0.2) is 4.98 Å². The van der Waals surface area contributed by atoms with E-state index >= 15 is 0 Å². The fourth-order valence-electron chi connectivity index (χ4n) is 1.55. The predicted molar refractivity (Wildman–Crippen MR) is 91.5 cm³/mol. The van der Waals surface area contributed by atoms with Crippen molar-refractivity contribution in [2.24, 2.45) is 0 Å². The zero-order valence-corrected chi connectivity index (χ0v) is 16.1. The smallest absolute Gasteiger partial charge is 0.258 e. The Morgan fingerprint density at radius 2 is 1.96 bits per heavy atom. The number of hydrogen-bond acceptors (Lipinski definition) is 6. The Kier molecular flexibility index (Phi) is 7.31. The van der Waals surface area contributed by atoms with Crippen LogP contribution in [0, 0.1) is 10.1 Å². The van der Waals surface area contributed by atoms with Crippen molar-refractivity contribution < 1.29 is 26.8 Å². The van der Waals surface area contributed by atoms with Gasteiger partial charge in [0.25, 0.3) is 5.69 Å². The summed E-state index contributed by atoms with van der Waals surface area (Å²) in [5.41, 5.74) is -0.222. The van der Waals surface area contributed by atoms with Crippen molar-refractivity contribution in [1.82, 2.24) is 4.98 Å². The number of phenols is 1. The van der Waals surface area contributed by atoms with Gasteiger partial charge in [0.15, 0.2) is 0 Å². The molecule has 0 saturated heterocycles. The van der Waals surface area contributed by atoms with Gasteiger partial charge in [-0.2, -0.15) is 0 Å². The Bertz CT molecular complexity index is 823. The van der Waals surface area contributed by atoms with Gasteiger partial charge in [-0.05, 0) is 22.0 Å². The molecule has 1 heterocycles. The van der Waals surface area contributed by atoms with Crippen molar-refractivity contribution in [2.75, 3.05) is 5.32 Å². The number of anilines is 1. The summed E-state index contributed by atoms with van der Waals surface area (Å²) in [7, 11) is 0. The van der Waals surface area contributed by atoms with Gasteiger partial charge in [0, 0.05) is 6.07 Å². The first-order chi connectivity index (χ1) is 11.5. The van der Waals surface area contributed by atoms with Gasteiger partial charge in [-0.3, -0.25) is 10.1 Å². The Hall–Kier alpha value is -2.20. The van der Waals surface area contributed by atoms with Crippen molar-refractivity contribution in [1.29, 1.82) is 0 Å². The van der Waals surface area contributed by atoms with Crippen LogP contribution >= 0.6 is 15.9 Å². The molecule has 0 bridgehead atoms. The molecule has 0 unspecified atom stereocenters. The maximum Gasteiger partial charge on any atom is 0.287 e. The van der Waals surface area contributed by atoms with Crippen molar-refractivity contribution >= 4 is 51.7 Å². The summed E-state index contributed by atoms with van der Waals surface area (Å²) in [5.74, 6) is -0.880. The number of halogens is 1. The minimum atomic E-state index is -5.14. The van der Waals surface area contributed by atoms with Gasteiger partial charge in [0.2, 0.25) is 0 Å². The fraction of sp³-hybridized carbons (Fsp3) is 0.0769. The molecule has 0 aliphatic carbocycles. The number of aromatic nitrogens is 1. The minimum absolute atomic E-state index is 0.00296. The number of nitro groups is 1. The van der Waals surface area contributed by atoms with Crippen LogP contribution in [0.15, 0.2) is 41.1 Å². The summed E-state index contributed by atoms with van der Waals surface area (Å²) in [6.45, 7) is 1.18. The molecular formula is C13H13AsBrN3O7. The number of pyridine rings is 1. The van der Waals surface area contributed by atoms with Gasteiger partial charge in [0.1, 0.15) is 10.8 Å². The van der Waals surface area contributed by atoms with Gasteiger partial charge < -0.3 is 0 Å². The van der Waals surface area contributed by atoms with Crippen LogP contribution in [0.4, 0.5) is 11.4 Å². The molecule has 0 spiro atoms. The maximum absolute atomic E-state index is 11.1. The molecule has 4 N–H and O–H groups in total. The number of rotatable bonds is 3. The van der Waals surface area contributed by atoms with Gasteiger partial charge in [-0.1, -0.05) is 0 Å². The molecule has 0 saturated carbocycles. The molecule has 1 amide bonds. The Morgan fingerprint density at radius 3 is 2.40 bits per heavy atom. The first-order valence-electron chi connectivity index (χ1n) is 6.44. The van der Waals surface area contributed by atoms with Crippen molar-refractivity contribution in [3.05, 3.63) is 51.2 Å². The number of para-hydroxylation sites is 1. The number of amides is 1. The van der Waals surface area contributed by atoms with E-state index in [0.29, 0.717) is 4.60 Å². The number of hydrogen-bond donors (Lipinski definition) is 4. The first-order valence-corrected chi connectivity index (χ1v) is 10.6. The van der Waals surface area contributed by atoms with E-state index in [4.69, 9.17) is 8.19 Å². The maximum atomic E-state index is 11.1. The Morgan fingerprint density at radius 1 is 1.32 bits per heavy atom. The molecule has 2 aromatic rings. The monoisotopic (exact) mass is 477 g/mol. The summed E-state index contributed by atoms with van der Waals surface area (Å²) >= 11 is -2.08. The number of nitrogens with one attached hydrogen (secondary N) is 1. The number of carbonyl (C=O) groups excluding carboxylic acids is 1.